The minimum atomic E-state index is -0.109. The molecule has 0 saturated heterocycles. The average molecular weight is 290 g/mol. The third-order valence-electron chi connectivity index (χ3n) is 3.14. The number of aromatic amines is 1. The Kier molecular flexibility index (Phi) is 3.85. The van der Waals surface area contributed by atoms with Crippen LogP contribution in [0.2, 0.25) is 0 Å². The number of aromatic nitrogens is 5. The molecule has 1 amide bonds. The van der Waals surface area contributed by atoms with Crippen LogP contribution >= 0.6 is 0 Å². The molecule has 0 spiro atoms. The largest absolute Gasteiger partial charge is 0.306 e. The number of nitrogens with zero attached hydrogens (tertiary/aromatic N) is 4. The lowest BCUT2D eigenvalue weighted by Crippen LogP contribution is -2.18. The lowest BCUT2D eigenvalue weighted by Gasteiger charge is -2.13. The van der Waals surface area contributed by atoms with Crippen molar-refractivity contribution in [1.29, 1.82) is 0 Å². The topological polar surface area (TPSA) is 88.5 Å². The number of nitrogens with one attached hydrogen (secondary N) is 2. The molecular weight excluding hydrogens is 268 g/mol. The molecule has 0 aromatic carbocycles. The minimum absolute atomic E-state index is 0.0370. The van der Waals surface area contributed by atoms with Gasteiger partial charge in [0.25, 0.3) is 0 Å². The van der Waals surface area contributed by atoms with Gasteiger partial charge in [-0.05, 0) is 6.07 Å². The van der Waals surface area contributed by atoms with Gasteiger partial charge in [0.2, 0.25) is 11.9 Å². The molecule has 2 N–H and O–H groups in total. The molecule has 7 nitrogen and oxygen atoms in total. The van der Waals surface area contributed by atoms with Crippen LogP contribution in [0.3, 0.4) is 0 Å². The van der Waals surface area contributed by atoms with Gasteiger partial charge in [-0.15, -0.1) is 10.2 Å². The molecule has 114 valence electrons. The lowest BCUT2D eigenvalue weighted by atomic mass is 9.92. The van der Waals surface area contributed by atoms with Crippen LogP contribution < -0.4 is 5.32 Å². The highest BCUT2D eigenvalue weighted by Gasteiger charge is 2.21. The van der Waals surface area contributed by atoms with Crippen molar-refractivity contribution in [3.63, 3.8) is 0 Å². The molecule has 0 bridgehead atoms. The summed E-state index contributed by atoms with van der Waals surface area (Å²) in [5.41, 5.74) is 1.77. The van der Waals surface area contributed by atoms with E-state index in [0.29, 0.717) is 11.8 Å². The standard InChI is InChI=1S/C14H22N6O/c1-8(2)12(21)16-13-15-11(17-18-13)9-7-10(14(3,4)5)19-20(9)6/h7-8H,1-6H3,(H2,15,16,17,18,21). The summed E-state index contributed by atoms with van der Waals surface area (Å²) in [7, 11) is 1.86. The van der Waals surface area contributed by atoms with Crippen LogP contribution in [0.1, 0.15) is 40.3 Å². The van der Waals surface area contributed by atoms with Crippen LogP contribution in [0.5, 0.6) is 0 Å². The first-order valence-corrected chi connectivity index (χ1v) is 6.97. The summed E-state index contributed by atoms with van der Waals surface area (Å²) in [5, 5.41) is 15.2. The molecule has 0 aliphatic rings. The fourth-order valence-electron chi connectivity index (χ4n) is 1.75. The first kappa shape index (κ1) is 15.2. The van der Waals surface area contributed by atoms with Crippen LogP contribution in [0, 0.1) is 5.92 Å². The molecule has 21 heavy (non-hydrogen) atoms. The Balaban J connectivity index is 2.26. The molecule has 7 heteroatoms. The van der Waals surface area contributed by atoms with Gasteiger partial charge < -0.3 is 4.98 Å². The quantitative estimate of drug-likeness (QED) is 0.906. The summed E-state index contributed by atoms with van der Waals surface area (Å²) in [6, 6.07) is 1.98. The summed E-state index contributed by atoms with van der Waals surface area (Å²) in [4.78, 5) is 14.6. The van der Waals surface area contributed by atoms with Gasteiger partial charge in [0.15, 0.2) is 5.82 Å². The molecular formula is C14H22N6O. The normalized spacial score (nSPS) is 12.0. The number of hydrogen-bond donors (Lipinski definition) is 2. The van der Waals surface area contributed by atoms with E-state index in [1.54, 1.807) is 4.68 Å². The van der Waals surface area contributed by atoms with Crippen molar-refractivity contribution in [2.24, 2.45) is 13.0 Å². The van der Waals surface area contributed by atoms with Gasteiger partial charge in [0.1, 0.15) is 5.69 Å². The fraction of sp³-hybridized carbons (Fsp3) is 0.571. The maximum absolute atomic E-state index is 11.6. The molecule has 2 aromatic rings. The highest BCUT2D eigenvalue weighted by atomic mass is 16.2. The van der Waals surface area contributed by atoms with Gasteiger partial charge in [0.05, 0.1) is 5.69 Å². The van der Waals surface area contributed by atoms with E-state index < -0.39 is 0 Å². The zero-order valence-electron chi connectivity index (χ0n) is 13.4. The molecule has 0 aliphatic carbocycles. The Morgan fingerprint density at radius 1 is 1.33 bits per heavy atom. The summed E-state index contributed by atoms with van der Waals surface area (Å²) in [6.45, 7) is 9.96. The maximum atomic E-state index is 11.6. The number of hydrogen-bond acceptors (Lipinski definition) is 4. The highest BCUT2D eigenvalue weighted by molar-refractivity contribution is 5.90. The van der Waals surface area contributed by atoms with Crippen molar-refractivity contribution in [2.45, 2.75) is 40.0 Å². The van der Waals surface area contributed by atoms with Crippen LogP contribution in [-0.2, 0) is 17.3 Å². The molecule has 2 heterocycles. The summed E-state index contributed by atoms with van der Waals surface area (Å²) in [6.07, 6.45) is 0. The van der Waals surface area contributed by atoms with E-state index in [1.807, 2.05) is 27.0 Å². The average Bonchev–Trinajstić information content (AvgIpc) is 2.94. The number of carbonyl (C=O) groups excluding carboxylic acids is 1. The number of rotatable bonds is 3. The van der Waals surface area contributed by atoms with E-state index in [4.69, 9.17) is 0 Å². The maximum Gasteiger partial charge on any atom is 0.229 e. The second-order valence-electron chi connectivity index (χ2n) is 6.45. The zero-order valence-corrected chi connectivity index (χ0v) is 13.4. The monoisotopic (exact) mass is 290 g/mol. The van der Waals surface area contributed by atoms with E-state index >= 15 is 0 Å². The number of aryl methyl sites for hydroxylation is 1. The number of amides is 1. The predicted molar refractivity (Wildman–Crippen MR) is 80.8 cm³/mol. The highest BCUT2D eigenvalue weighted by Crippen LogP contribution is 2.25. The van der Waals surface area contributed by atoms with Gasteiger partial charge in [-0.25, -0.2) is 0 Å². The Morgan fingerprint density at radius 3 is 2.52 bits per heavy atom. The number of anilines is 1. The SMILES string of the molecule is CC(C)C(=O)Nc1nnc(-c2cc(C(C)(C)C)nn2C)[nH]1. The molecule has 0 saturated carbocycles. The summed E-state index contributed by atoms with van der Waals surface area (Å²) in [5.74, 6) is 0.725. The van der Waals surface area contributed by atoms with E-state index in [2.05, 4.69) is 46.4 Å². The Hall–Kier alpha value is -2.18. The van der Waals surface area contributed by atoms with Crippen molar-refractivity contribution in [1.82, 2.24) is 25.0 Å². The number of carbonyl (C=O) groups is 1. The zero-order chi connectivity index (χ0) is 15.8. The second-order valence-corrected chi connectivity index (χ2v) is 6.45. The number of H-pyrrole nitrogens is 1. The third-order valence-corrected chi connectivity index (χ3v) is 3.14. The molecule has 2 rings (SSSR count). The Bertz CT molecular complexity index is 647. The molecule has 0 radical (unpaired) electrons. The van der Waals surface area contributed by atoms with E-state index in [9.17, 15) is 4.79 Å². The summed E-state index contributed by atoms with van der Waals surface area (Å²) < 4.78 is 1.76. The van der Waals surface area contributed by atoms with Crippen molar-refractivity contribution < 1.29 is 4.79 Å². The van der Waals surface area contributed by atoms with E-state index in [1.165, 1.54) is 0 Å². The fourth-order valence-corrected chi connectivity index (χ4v) is 1.75. The van der Waals surface area contributed by atoms with Crippen LogP contribution in [-0.4, -0.2) is 30.9 Å². The van der Waals surface area contributed by atoms with Gasteiger partial charge >= 0.3 is 0 Å². The van der Waals surface area contributed by atoms with Crippen LogP contribution in [0.4, 0.5) is 5.95 Å². The first-order chi connectivity index (χ1) is 9.68. The second kappa shape index (κ2) is 5.31. The molecule has 0 atom stereocenters. The molecule has 0 aliphatic heterocycles. The first-order valence-electron chi connectivity index (χ1n) is 6.97. The van der Waals surface area contributed by atoms with E-state index in [0.717, 1.165) is 11.4 Å². The van der Waals surface area contributed by atoms with Crippen molar-refractivity contribution in [3.05, 3.63) is 11.8 Å². The smallest absolute Gasteiger partial charge is 0.229 e. The van der Waals surface area contributed by atoms with Gasteiger partial charge in [-0.2, -0.15) is 5.10 Å². The van der Waals surface area contributed by atoms with Crippen molar-refractivity contribution in [2.75, 3.05) is 5.32 Å². The van der Waals surface area contributed by atoms with E-state index in [-0.39, 0.29) is 17.2 Å². The molecule has 0 fully saturated rings. The molecule has 2 aromatic heterocycles. The Morgan fingerprint density at radius 2 is 2.00 bits per heavy atom. The van der Waals surface area contributed by atoms with Gasteiger partial charge in [-0.3, -0.25) is 14.8 Å². The van der Waals surface area contributed by atoms with Crippen LogP contribution in [0.15, 0.2) is 6.07 Å². The van der Waals surface area contributed by atoms with Crippen molar-refractivity contribution in [3.8, 4) is 11.5 Å². The molecule has 0 unspecified atom stereocenters. The third kappa shape index (κ3) is 3.29. The van der Waals surface area contributed by atoms with Gasteiger partial charge in [-0.1, -0.05) is 34.6 Å². The van der Waals surface area contributed by atoms with Crippen LogP contribution in [0.25, 0.3) is 11.5 Å². The predicted octanol–water partition coefficient (Wildman–Crippen LogP) is 2.10. The van der Waals surface area contributed by atoms with Crippen molar-refractivity contribution >= 4 is 11.9 Å². The Labute approximate surface area is 124 Å². The lowest BCUT2D eigenvalue weighted by molar-refractivity contribution is -0.118. The minimum Gasteiger partial charge on any atom is -0.306 e. The van der Waals surface area contributed by atoms with Gasteiger partial charge in [0, 0.05) is 18.4 Å². The summed E-state index contributed by atoms with van der Waals surface area (Å²) >= 11 is 0.